The van der Waals surface area contributed by atoms with Crippen LogP contribution in [0.1, 0.15) is 20.3 Å². The van der Waals surface area contributed by atoms with Crippen LogP contribution in [0, 0.1) is 20.2 Å². The number of nitrogens with zero attached hydrogens (tertiary/aromatic N) is 3. The van der Waals surface area contributed by atoms with Crippen LogP contribution in [0.5, 0.6) is 0 Å². The number of nitro groups is 2. The van der Waals surface area contributed by atoms with Gasteiger partial charge in [0.15, 0.2) is 0 Å². The fourth-order valence-corrected chi connectivity index (χ4v) is 1.59. The van der Waals surface area contributed by atoms with Crippen LogP contribution in [0.2, 0.25) is 6.32 Å². The molecule has 2 radical (unpaired) electrons. The highest BCUT2D eigenvalue weighted by Crippen LogP contribution is 2.17. The summed E-state index contributed by atoms with van der Waals surface area (Å²) in [5, 5.41) is 21.8. The van der Waals surface area contributed by atoms with E-state index >= 15 is 0 Å². The minimum absolute atomic E-state index is 0.128. The van der Waals surface area contributed by atoms with Gasteiger partial charge < -0.3 is 4.90 Å². The van der Waals surface area contributed by atoms with Gasteiger partial charge in [0, 0.05) is 13.1 Å². The zero-order chi connectivity index (χ0) is 15.7. The van der Waals surface area contributed by atoms with Crippen molar-refractivity contribution in [1.29, 1.82) is 0 Å². The van der Waals surface area contributed by atoms with Crippen molar-refractivity contribution in [3.05, 3.63) is 56.1 Å². The van der Waals surface area contributed by atoms with Crippen LogP contribution >= 0.6 is 0 Å². The van der Waals surface area contributed by atoms with Gasteiger partial charge in [-0.15, -0.1) is 0 Å². The van der Waals surface area contributed by atoms with Gasteiger partial charge in [0.25, 0.3) is 11.4 Å². The summed E-state index contributed by atoms with van der Waals surface area (Å²) in [6.07, 6.45) is 3.19. The summed E-state index contributed by atoms with van der Waals surface area (Å²) in [6.45, 7) is 7.98. The third-order valence-electron chi connectivity index (χ3n) is 2.56. The second-order valence-corrected chi connectivity index (χ2v) is 3.98. The zero-order valence-corrected chi connectivity index (χ0v) is 11.7. The largest absolute Gasteiger partial charge is 0.367 e. The molecule has 0 saturated heterocycles. The molecule has 0 rings (SSSR count). The molecule has 0 bridgehead atoms. The normalized spacial score (nSPS) is 12.1. The third kappa shape index (κ3) is 5.25. The van der Waals surface area contributed by atoms with Crippen LogP contribution in [-0.4, -0.2) is 35.7 Å². The lowest BCUT2D eigenvalue weighted by atomic mass is 10.0. The molecule has 0 aliphatic carbocycles. The smallest absolute Gasteiger partial charge is 0.298 e. The minimum Gasteiger partial charge on any atom is -0.367 e. The molecule has 108 valence electrons. The van der Waals surface area contributed by atoms with Gasteiger partial charge in [-0.3, -0.25) is 20.2 Å². The van der Waals surface area contributed by atoms with Crippen molar-refractivity contribution in [1.82, 2.24) is 4.90 Å². The Bertz CT molecular complexity index is 440. The summed E-state index contributed by atoms with van der Waals surface area (Å²) in [6, 6.07) is 0. The Balaban J connectivity index is 5.46. The molecule has 0 atom stereocenters. The molecule has 0 unspecified atom stereocenters. The molecule has 7 nitrogen and oxygen atoms in total. The van der Waals surface area contributed by atoms with E-state index in [4.69, 9.17) is 7.85 Å². The number of rotatable bonds is 9. The van der Waals surface area contributed by atoms with E-state index in [1.54, 1.807) is 4.90 Å². The van der Waals surface area contributed by atoms with Crippen LogP contribution < -0.4 is 0 Å². The lowest BCUT2D eigenvalue weighted by molar-refractivity contribution is -0.432. The summed E-state index contributed by atoms with van der Waals surface area (Å²) < 4.78 is 0. The molecule has 0 aliphatic heterocycles. The molecule has 0 saturated carbocycles. The van der Waals surface area contributed by atoms with Gasteiger partial charge in [-0.25, -0.2) is 0 Å². The van der Waals surface area contributed by atoms with Crippen LogP contribution in [-0.2, 0) is 0 Å². The average molecular weight is 279 g/mol. The van der Waals surface area contributed by atoms with E-state index in [2.05, 4.69) is 6.58 Å². The van der Waals surface area contributed by atoms with E-state index in [0.29, 0.717) is 19.4 Å². The van der Waals surface area contributed by atoms with Gasteiger partial charge in [-0.2, -0.15) is 0 Å². The highest BCUT2D eigenvalue weighted by Gasteiger charge is 2.23. The van der Waals surface area contributed by atoms with E-state index < -0.39 is 15.5 Å². The van der Waals surface area contributed by atoms with Crippen LogP contribution in [0.15, 0.2) is 35.8 Å². The van der Waals surface area contributed by atoms with Crippen LogP contribution in [0.25, 0.3) is 0 Å². The topological polar surface area (TPSA) is 89.5 Å². The molecular formula is C12H18BN3O4. The maximum absolute atomic E-state index is 11.1. The molecule has 8 heteroatoms. The van der Waals surface area contributed by atoms with Crippen molar-refractivity contribution < 1.29 is 9.85 Å². The van der Waals surface area contributed by atoms with Gasteiger partial charge in [0.2, 0.25) is 0 Å². The summed E-state index contributed by atoms with van der Waals surface area (Å²) in [5.41, 5.74) is -0.609. The Hall–Kier alpha value is -2.12. The lowest BCUT2D eigenvalue weighted by Gasteiger charge is -2.23. The molecule has 0 aromatic heterocycles. The first-order chi connectivity index (χ1) is 9.38. The summed E-state index contributed by atoms with van der Waals surface area (Å²) in [4.78, 5) is 22.1. The molecule has 0 aliphatic rings. The molecule has 0 aromatic rings. The molecule has 0 amide bonds. The van der Waals surface area contributed by atoms with Gasteiger partial charge in [-0.1, -0.05) is 19.8 Å². The maximum atomic E-state index is 11.1. The van der Waals surface area contributed by atoms with E-state index in [0.717, 1.165) is 12.5 Å². The Morgan fingerprint density at radius 2 is 1.90 bits per heavy atom. The molecule has 0 heterocycles. The standard InChI is InChI=1S/C12H18BN3O4/c1-4-7-14(8-6-13)10(3)12(16(19)20)9-11(5-2)15(17)18/h5,9H,3-4,6-8H2,1-2H3/b11-5+,12-9+. The average Bonchev–Trinajstić information content (AvgIpc) is 2.38. The first-order valence-corrected chi connectivity index (χ1v) is 6.20. The quantitative estimate of drug-likeness (QED) is 0.279. The van der Waals surface area contributed by atoms with E-state index in [-0.39, 0.29) is 11.4 Å². The predicted molar refractivity (Wildman–Crippen MR) is 77.4 cm³/mol. The Morgan fingerprint density at radius 1 is 1.30 bits per heavy atom. The molecule has 20 heavy (non-hydrogen) atoms. The third-order valence-corrected chi connectivity index (χ3v) is 2.56. The maximum Gasteiger partial charge on any atom is 0.298 e. The highest BCUT2D eigenvalue weighted by molar-refractivity contribution is 6.08. The van der Waals surface area contributed by atoms with Crippen molar-refractivity contribution in [2.45, 2.75) is 26.6 Å². The van der Waals surface area contributed by atoms with E-state index in [9.17, 15) is 20.2 Å². The minimum atomic E-state index is -0.677. The van der Waals surface area contributed by atoms with E-state index in [1.165, 1.54) is 13.0 Å². The highest BCUT2D eigenvalue weighted by atomic mass is 16.6. The van der Waals surface area contributed by atoms with E-state index in [1.807, 2.05) is 6.92 Å². The monoisotopic (exact) mass is 279 g/mol. The molecule has 0 spiro atoms. The zero-order valence-electron chi connectivity index (χ0n) is 11.7. The Labute approximate surface area is 119 Å². The predicted octanol–water partition coefficient (Wildman–Crippen LogP) is 2.14. The van der Waals surface area contributed by atoms with Gasteiger partial charge in [0.1, 0.15) is 5.70 Å². The number of hydrogen-bond acceptors (Lipinski definition) is 5. The first-order valence-electron chi connectivity index (χ1n) is 6.20. The number of allylic oxidation sites excluding steroid dienone is 2. The van der Waals surface area contributed by atoms with Crippen molar-refractivity contribution in [3.8, 4) is 0 Å². The SMILES string of the molecule is [B]CCN(CCC)C(=C)/C(=C\C(=C/C)[N+](=O)[O-])[N+](=O)[O-]. The van der Waals surface area contributed by atoms with Crippen molar-refractivity contribution in [2.24, 2.45) is 0 Å². The van der Waals surface area contributed by atoms with Crippen LogP contribution in [0.4, 0.5) is 0 Å². The molecular weight excluding hydrogens is 261 g/mol. The Morgan fingerprint density at radius 3 is 2.25 bits per heavy atom. The Kier molecular flexibility index (Phi) is 7.95. The van der Waals surface area contributed by atoms with Gasteiger partial charge in [-0.05, 0) is 19.4 Å². The molecule has 0 N–H and O–H groups in total. The molecule has 0 fully saturated rings. The van der Waals surface area contributed by atoms with Crippen molar-refractivity contribution in [3.63, 3.8) is 0 Å². The fraction of sp³-hybridized carbons (Fsp3) is 0.500. The van der Waals surface area contributed by atoms with Gasteiger partial charge >= 0.3 is 0 Å². The summed E-state index contributed by atoms with van der Waals surface area (Å²) in [5.74, 6) is 0. The lowest BCUT2D eigenvalue weighted by Crippen LogP contribution is -2.27. The number of hydrogen-bond donors (Lipinski definition) is 0. The van der Waals surface area contributed by atoms with Crippen LogP contribution in [0.3, 0.4) is 0 Å². The first kappa shape index (κ1) is 17.9. The van der Waals surface area contributed by atoms with Gasteiger partial charge in [0.05, 0.1) is 23.8 Å². The van der Waals surface area contributed by atoms with Crippen molar-refractivity contribution in [2.75, 3.05) is 13.1 Å². The second kappa shape index (κ2) is 8.90. The fourth-order valence-electron chi connectivity index (χ4n) is 1.59. The second-order valence-electron chi connectivity index (χ2n) is 3.98. The summed E-state index contributed by atoms with van der Waals surface area (Å²) in [7, 11) is 5.46. The van der Waals surface area contributed by atoms with Crippen molar-refractivity contribution >= 4 is 7.85 Å². The molecule has 0 aromatic carbocycles. The summed E-state index contributed by atoms with van der Waals surface area (Å²) >= 11 is 0.